The molecular weight excluding hydrogens is 328 g/mol. The smallest absolute Gasteiger partial charge is 0.423 e. The molecule has 1 unspecified atom stereocenters. The molecule has 24 heavy (non-hydrogen) atoms. The third-order valence-electron chi connectivity index (χ3n) is 3.24. The summed E-state index contributed by atoms with van der Waals surface area (Å²) in [6.45, 7) is 11.9. The second kappa shape index (κ2) is 8.71. The van der Waals surface area contributed by atoms with E-state index in [1.807, 2.05) is 65.8 Å². The van der Waals surface area contributed by atoms with Crippen molar-refractivity contribution in [1.82, 2.24) is 4.31 Å². The lowest BCUT2D eigenvalue weighted by atomic mass is 9.92. The van der Waals surface area contributed by atoms with Crippen molar-refractivity contribution in [3.05, 3.63) is 29.8 Å². The summed E-state index contributed by atoms with van der Waals surface area (Å²) in [7, 11) is 1.61. The Hall–Kier alpha value is -1.28. The quantitative estimate of drug-likeness (QED) is 0.388. The van der Waals surface area contributed by atoms with E-state index in [-0.39, 0.29) is 0 Å². The zero-order valence-corrected chi connectivity index (χ0v) is 16.4. The molecule has 2 N–H and O–H groups in total. The molecule has 1 amide bonds. The Morgan fingerprint density at radius 2 is 2.04 bits per heavy atom. The zero-order chi connectivity index (χ0) is 18.4. The van der Waals surface area contributed by atoms with E-state index >= 15 is 0 Å². The molecule has 6 nitrogen and oxygen atoms in total. The van der Waals surface area contributed by atoms with Gasteiger partial charge in [-0.15, -0.1) is 0 Å². The van der Waals surface area contributed by atoms with Crippen LogP contribution in [0.2, 0.25) is 0 Å². The van der Waals surface area contributed by atoms with Crippen molar-refractivity contribution in [3.63, 3.8) is 0 Å². The van der Waals surface area contributed by atoms with Gasteiger partial charge < -0.3 is 4.74 Å². The molecule has 0 aliphatic carbocycles. The number of carbonyl (C=O) groups is 1. The lowest BCUT2D eigenvalue weighted by Crippen LogP contribution is -2.76. The van der Waals surface area contributed by atoms with Gasteiger partial charge in [-0.25, -0.2) is 13.9 Å². The van der Waals surface area contributed by atoms with Gasteiger partial charge in [0.2, 0.25) is 0 Å². The summed E-state index contributed by atoms with van der Waals surface area (Å²) in [6.07, 6.45) is -0.404. The largest absolute Gasteiger partial charge is 0.443 e. The van der Waals surface area contributed by atoms with Gasteiger partial charge in [-0.3, -0.25) is 4.18 Å². The van der Waals surface area contributed by atoms with E-state index in [9.17, 15) is 4.79 Å². The predicted molar refractivity (Wildman–Crippen MR) is 95.4 cm³/mol. The van der Waals surface area contributed by atoms with Crippen molar-refractivity contribution >= 4 is 24.0 Å². The normalized spacial score (nSPS) is 20.4. The van der Waals surface area contributed by atoms with Crippen molar-refractivity contribution in [2.75, 3.05) is 13.7 Å². The first kappa shape index (κ1) is 20.8. The molecule has 136 valence electrons. The highest BCUT2D eigenvalue weighted by atomic mass is 32.2. The van der Waals surface area contributed by atoms with Crippen LogP contribution >= 0.6 is 12.2 Å². The number of ether oxygens (including phenoxy) is 1. The fourth-order valence-corrected chi connectivity index (χ4v) is 2.96. The van der Waals surface area contributed by atoms with Crippen LogP contribution in [0.15, 0.2) is 24.3 Å². The maximum atomic E-state index is 12.4. The number of carbonyl (C=O) groups excluding carboxylic acids is 1. The summed E-state index contributed by atoms with van der Waals surface area (Å²) >= 11 is 1.03. The highest BCUT2D eigenvalue weighted by Gasteiger charge is 2.46. The van der Waals surface area contributed by atoms with Crippen molar-refractivity contribution in [2.45, 2.75) is 52.7 Å². The van der Waals surface area contributed by atoms with Crippen LogP contribution < -0.4 is 5.48 Å². The van der Waals surface area contributed by atoms with Crippen LogP contribution in [0.4, 0.5) is 10.5 Å². The van der Waals surface area contributed by atoms with Gasteiger partial charge in [0, 0.05) is 12.1 Å². The van der Waals surface area contributed by atoms with Crippen molar-refractivity contribution in [3.8, 4) is 0 Å². The standard InChI is InChI=1S/C15H22N2O4S.C2H6/c1-14(2,3)21-13(18)17-15(4,10-20-22-17)11-7-6-8-12(9-11)16-19-5;1-2/h6-9,16H,10H2,1-5H3;1-2H3/p+1. The number of rotatable bonds is 3. The molecule has 1 aliphatic rings. The van der Waals surface area contributed by atoms with Crippen LogP contribution in [-0.4, -0.2) is 29.7 Å². The monoisotopic (exact) mass is 357 g/mol. The minimum Gasteiger partial charge on any atom is -0.443 e. The van der Waals surface area contributed by atoms with E-state index in [4.69, 9.17) is 13.8 Å². The molecule has 1 saturated heterocycles. The third kappa shape index (κ3) is 5.11. The number of amides is 1. The molecule has 1 aliphatic heterocycles. The minimum absolute atomic E-state index is 0.396. The molecule has 0 radical (unpaired) electrons. The Morgan fingerprint density at radius 1 is 1.38 bits per heavy atom. The van der Waals surface area contributed by atoms with Crippen LogP contribution in [0.5, 0.6) is 0 Å². The molecule has 7 heteroatoms. The molecular formula is C17H29N2O4S+. The first-order valence-electron chi connectivity index (χ1n) is 8.06. The molecule has 0 aromatic heterocycles. The van der Waals surface area contributed by atoms with Crippen molar-refractivity contribution in [2.24, 2.45) is 0 Å². The molecule has 0 bridgehead atoms. The number of hydrogen-bond donors (Lipinski definition) is 1. The first-order chi connectivity index (χ1) is 11.3. The zero-order valence-electron chi connectivity index (χ0n) is 15.6. The van der Waals surface area contributed by atoms with Gasteiger partial charge >= 0.3 is 6.09 Å². The van der Waals surface area contributed by atoms with Gasteiger partial charge in [0.25, 0.3) is 0 Å². The Bertz CT molecular complexity index is 548. The highest BCUT2D eigenvalue weighted by molar-refractivity contribution is 7.93. The fraction of sp³-hybridized carbons (Fsp3) is 0.588. The highest BCUT2D eigenvalue weighted by Crippen LogP contribution is 2.42. The molecule has 1 aromatic carbocycles. The SMILES string of the molecule is CC.CO[NH2+]c1cccc(C2(C)COSN2C(=O)OC(C)(C)C)c1. The van der Waals surface area contributed by atoms with E-state index in [1.165, 1.54) is 0 Å². The van der Waals surface area contributed by atoms with Crippen LogP contribution in [0.3, 0.4) is 0 Å². The number of quaternary nitrogens is 1. The summed E-state index contributed by atoms with van der Waals surface area (Å²) in [4.78, 5) is 17.5. The number of hydrogen-bond acceptors (Lipinski definition) is 5. The lowest BCUT2D eigenvalue weighted by molar-refractivity contribution is -0.830. The van der Waals surface area contributed by atoms with Crippen LogP contribution in [0.1, 0.15) is 47.1 Å². The Morgan fingerprint density at radius 3 is 2.62 bits per heavy atom. The fourth-order valence-electron chi connectivity index (χ4n) is 2.15. The summed E-state index contributed by atoms with van der Waals surface area (Å²) in [5, 5.41) is 0. The summed E-state index contributed by atoms with van der Waals surface area (Å²) in [6, 6.07) is 7.83. The summed E-state index contributed by atoms with van der Waals surface area (Å²) in [5.74, 6) is 0. The predicted octanol–water partition coefficient (Wildman–Crippen LogP) is 3.51. The van der Waals surface area contributed by atoms with E-state index in [1.54, 1.807) is 16.9 Å². The van der Waals surface area contributed by atoms with Crippen LogP contribution in [0.25, 0.3) is 0 Å². The third-order valence-corrected chi connectivity index (χ3v) is 4.16. The van der Waals surface area contributed by atoms with E-state index in [2.05, 4.69) is 0 Å². The van der Waals surface area contributed by atoms with Crippen LogP contribution in [-0.2, 0) is 19.3 Å². The molecule has 1 atom stereocenters. The van der Waals surface area contributed by atoms with Crippen LogP contribution in [0, 0.1) is 0 Å². The summed E-state index contributed by atoms with van der Waals surface area (Å²) in [5.41, 5.74) is 2.42. The molecule has 0 spiro atoms. The Balaban J connectivity index is 0.00000139. The van der Waals surface area contributed by atoms with E-state index < -0.39 is 17.2 Å². The first-order valence-corrected chi connectivity index (χ1v) is 8.75. The maximum absolute atomic E-state index is 12.4. The minimum atomic E-state index is -0.593. The number of nitrogens with zero attached hydrogens (tertiary/aromatic N) is 1. The van der Waals surface area contributed by atoms with Gasteiger partial charge in [-0.05, 0) is 33.3 Å². The van der Waals surface area contributed by atoms with Gasteiger partial charge in [-0.1, -0.05) is 26.0 Å². The molecule has 0 saturated carbocycles. The Kier molecular flexibility index (Phi) is 7.54. The molecule has 1 fully saturated rings. The topological polar surface area (TPSA) is 64.6 Å². The number of nitrogens with two attached hydrogens (primary N) is 1. The second-order valence-corrected chi connectivity index (χ2v) is 7.11. The molecule has 2 rings (SSSR count). The second-order valence-electron chi connectivity index (χ2n) is 6.36. The maximum Gasteiger partial charge on any atom is 0.423 e. The van der Waals surface area contributed by atoms with E-state index in [0.717, 1.165) is 23.5 Å². The van der Waals surface area contributed by atoms with E-state index in [0.29, 0.717) is 6.61 Å². The molecule has 1 aromatic rings. The van der Waals surface area contributed by atoms with Crippen molar-refractivity contribution < 1.29 is 24.0 Å². The average Bonchev–Trinajstić information content (AvgIpc) is 2.92. The Labute approximate surface area is 149 Å². The van der Waals surface area contributed by atoms with Gasteiger partial charge in [0.15, 0.2) is 5.69 Å². The average molecular weight is 357 g/mol. The van der Waals surface area contributed by atoms with Gasteiger partial charge in [0.1, 0.15) is 23.4 Å². The van der Waals surface area contributed by atoms with Gasteiger partial charge in [0.05, 0.1) is 13.7 Å². The molecule has 1 heterocycles. The number of benzene rings is 1. The lowest BCUT2D eigenvalue weighted by Gasteiger charge is -2.33. The van der Waals surface area contributed by atoms with Gasteiger partial charge in [-0.2, -0.15) is 5.48 Å². The summed E-state index contributed by atoms with van der Waals surface area (Å²) < 4.78 is 12.5. The van der Waals surface area contributed by atoms with Crippen molar-refractivity contribution in [1.29, 1.82) is 0 Å².